The van der Waals surface area contributed by atoms with E-state index in [1.165, 1.54) is 6.08 Å². The zero-order valence-corrected chi connectivity index (χ0v) is 8.18. The van der Waals surface area contributed by atoms with Crippen LogP contribution in [0, 0.1) is 0 Å². The average Bonchev–Trinajstić information content (AvgIpc) is 1.97. The van der Waals surface area contributed by atoms with Crippen molar-refractivity contribution in [3.05, 3.63) is 12.2 Å². The van der Waals surface area contributed by atoms with Gasteiger partial charge >= 0.3 is 0 Å². The molecule has 0 aromatic carbocycles. The molecule has 0 heterocycles. The molecule has 1 N–H and O–H groups in total. The number of aliphatic hydroxyl groups is 1. The number of hydrogen-bond donors (Lipinski definition) is 1. The van der Waals surface area contributed by atoms with Crippen molar-refractivity contribution in [2.45, 2.75) is 32.3 Å². The number of aliphatic hydroxyl groups excluding tert-OH is 1. The van der Waals surface area contributed by atoms with Gasteiger partial charge in [0.1, 0.15) is 0 Å². The molecule has 0 aliphatic rings. The van der Waals surface area contributed by atoms with E-state index in [0.29, 0.717) is 0 Å². The Morgan fingerprint density at radius 3 is 2.23 bits per heavy atom. The lowest BCUT2D eigenvalue weighted by molar-refractivity contribution is -0.0412. The molecule has 0 radical (unpaired) electrons. The first-order chi connectivity index (χ1) is 5.77. The Morgan fingerprint density at radius 2 is 1.85 bits per heavy atom. The SMILES string of the molecule is CC(F)(F)/C=C/COC(C)(C)CO. The predicted octanol–water partition coefficient (Wildman–Crippen LogP) is 1.99. The average molecular weight is 194 g/mol. The molecule has 0 unspecified atom stereocenters. The summed E-state index contributed by atoms with van der Waals surface area (Å²) in [6, 6.07) is 0. The van der Waals surface area contributed by atoms with Crippen LogP contribution >= 0.6 is 0 Å². The third kappa shape index (κ3) is 7.87. The van der Waals surface area contributed by atoms with Gasteiger partial charge in [0.25, 0.3) is 5.92 Å². The summed E-state index contributed by atoms with van der Waals surface area (Å²) in [4.78, 5) is 0. The number of rotatable bonds is 5. The van der Waals surface area contributed by atoms with Crippen LogP contribution in [0.25, 0.3) is 0 Å². The summed E-state index contributed by atoms with van der Waals surface area (Å²) >= 11 is 0. The van der Waals surface area contributed by atoms with Crippen LogP contribution in [0.4, 0.5) is 8.78 Å². The molecule has 2 nitrogen and oxygen atoms in total. The first kappa shape index (κ1) is 12.5. The van der Waals surface area contributed by atoms with Crippen LogP contribution in [0.2, 0.25) is 0 Å². The fourth-order valence-corrected chi connectivity index (χ4v) is 0.574. The van der Waals surface area contributed by atoms with Gasteiger partial charge in [-0.1, -0.05) is 6.08 Å². The number of alkyl halides is 2. The Morgan fingerprint density at radius 1 is 1.31 bits per heavy atom. The van der Waals surface area contributed by atoms with E-state index in [1.54, 1.807) is 13.8 Å². The highest BCUT2D eigenvalue weighted by Crippen LogP contribution is 2.13. The summed E-state index contributed by atoms with van der Waals surface area (Å²) in [6.45, 7) is 4.12. The number of halogens is 2. The smallest absolute Gasteiger partial charge is 0.263 e. The lowest BCUT2D eigenvalue weighted by atomic mass is 10.1. The molecule has 0 fully saturated rings. The van der Waals surface area contributed by atoms with Crippen LogP contribution < -0.4 is 0 Å². The van der Waals surface area contributed by atoms with Gasteiger partial charge in [0.2, 0.25) is 0 Å². The third-order valence-electron chi connectivity index (χ3n) is 1.36. The van der Waals surface area contributed by atoms with Gasteiger partial charge in [-0.3, -0.25) is 0 Å². The van der Waals surface area contributed by atoms with Gasteiger partial charge in [0.05, 0.1) is 18.8 Å². The highest BCUT2D eigenvalue weighted by Gasteiger charge is 2.17. The molecule has 13 heavy (non-hydrogen) atoms. The number of allylic oxidation sites excluding steroid dienone is 1. The highest BCUT2D eigenvalue weighted by atomic mass is 19.3. The van der Waals surface area contributed by atoms with Gasteiger partial charge in [-0.05, 0) is 19.9 Å². The van der Waals surface area contributed by atoms with Crippen molar-refractivity contribution in [1.29, 1.82) is 0 Å². The van der Waals surface area contributed by atoms with Crippen molar-refractivity contribution < 1.29 is 18.6 Å². The zero-order chi connectivity index (χ0) is 10.5. The van der Waals surface area contributed by atoms with Crippen LogP contribution in [0.15, 0.2) is 12.2 Å². The van der Waals surface area contributed by atoms with Gasteiger partial charge in [-0.2, -0.15) is 0 Å². The van der Waals surface area contributed by atoms with Gasteiger partial charge in [-0.25, -0.2) is 8.78 Å². The zero-order valence-electron chi connectivity index (χ0n) is 8.18. The Labute approximate surface area is 77.2 Å². The minimum atomic E-state index is -2.80. The lowest BCUT2D eigenvalue weighted by Crippen LogP contribution is -2.29. The van der Waals surface area contributed by atoms with Crippen molar-refractivity contribution >= 4 is 0 Å². The summed E-state index contributed by atoms with van der Waals surface area (Å²) in [5, 5.41) is 8.76. The minimum Gasteiger partial charge on any atom is -0.393 e. The molecule has 78 valence electrons. The molecule has 0 saturated heterocycles. The van der Waals surface area contributed by atoms with Gasteiger partial charge < -0.3 is 9.84 Å². The van der Waals surface area contributed by atoms with E-state index in [4.69, 9.17) is 9.84 Å². The van der Waals surface area contributed by atoms with Crippen LogP contribution in [0.1, 0.15) is 20.8 Å². The van der Waals surface area contributed by atoms with Crippen molar-refractivity contribution in [2.24, 2.45) is 0 Å². The van der Waals surface area contributed by atoms with Crippen LogP contribution in [-0.2, 0) is 4.74 Å². The van der Waals surface area contributed by atoms with E-state index in [-0.39, 0.29) is 13.2 Å². The molecule has 0 saturated carbocycles. The number of ether oxygens (including phenoxy) is 1. The normalized spacial score (nSPS) is 14.0. The van der Waals surface area contributed by atoms with E-state index in [2.05, 4.69) is 0 Å². The van der Waals surface area contributed by atoms with Crippen molar-refractivity contribution in [3.8, 4) is 0 Å². The molecular formula is C9H16F2O2. The van der Waals surface area contributed by atoms with Gasteiger partial charge in [-0.15, -0.1) is 0 Å². The molecule has 0 spiro atoms. The van der Waals surface area contributed by atoms with Crippen LogP contribution in [0.5, 0.6) is 0 Å². The fourth-order valence-electron chi connectivity index (χ4n) is 0.574. The highest BCUT2D eigenvalue weighted by molar-refractivity contribution is 4.92. The first-order valence-electron chi connectivity index (χ1n) is 4.07. The monoisotopic (exact) mass is 194 g/mol. The Bertz CT molecular complexity index is 171. The second-order valence-electron chi connectivity index (χ2n) is 3.59. The van der Waals surface area contributed by atoms with E-state index in [0.717, 1.165) is 13.0 Å². The van der Waals surface area contributed by atoms with Gasteiger partial charge in [0.15, 0.2) is 0 Å². The molecule has 4 heteroatoms. The molecule has 0 rings (SSSR count). The maximum Gasteiger partial charge on any atom is 0.263 e. The summed E-state index contributed by atoms with van der Waals surface area (Å²) < 4.78 is 29.6. The Balaban J connectivity index is 3.74. The molecule has 0 aliphatic heterocycles. The van der Waals surface area contributed by atoms with Crippen molar-refractivity contribution in [1.82, 2.24) is 0 Å². The topological polar surface area (TPSA) is 29.5 Å². The molecule has 0 amide bonds. The van der Waals surface area contributed by atoms with E-state index >= 15 is 0 Å². The largest absolute Gasteiger partial charge is 0.393 e. The first-order valence-corrected chi connectivity index (χ1v) is 4.07. The van der Waals surface area contributed by atoms with Crippen molar-refractivity contribution in [2.75, 3.05) is 13.2 Å². The van der Waals surface area contributed by atoms with E-state index in [1.807, 2.05) is 0 Å². The summed E-state index contributed by atoms with van der Waals surface area (Å²) in [6.07, 6.45) is 2.03. The molecule has 0 bridgehead atoms. The minimum absolute atomic E-state index is 0.0803. The molecule has 0 atom stereocenters. The van der Waals surface area contributed by atoms with E-state index in [9.17, 15) is 8.78 Å². The summed E-state index contributed by atoms with van der Waals surface area (Å²) in [5.74, 6) is -2.80. The standard InChI is InChI=1S/C9H16F2O2/c1-8(2,7-12)13-6-4-5-9(3,10)11/h4-5,12H,6-7H2,1-3H3/b5-4+. The molecule has 0 aliphatic carbocycles. The Kier molecular flexibility index (Phi) is 4.50. The van der Waals surface area contributed by atoms with Crippen LogP contribution in [0.3, 0.4) is 0 Å². The maximum absolute atomic E-state index is 12.2. The van der Waals surface area contributed by atoms with Gasteiger partial charge in [0, 0.05) is 6.92 Å². The van der Waals surface area contributed by atoms with E-state index < -0.39 is 11.5 Å². The number of hydrogen-bond acceptors (Lipinski definition) is 2. The summed E-state index contributed by atoms with van der Waals surface area (Å²) in [7, 11) is 0. The maximum atomic E-state index is 12.2. The molecular weight excluding hydrogens is 178 g/mol. The predicted molar refractivity (Wildman–Crippen MR) is 46.9 cm³/mol. The molecule has 0 aromatic heterocycles. The fraction of sp³-hybridized carbons (Fsp3) is 0.778. The van der Waals surface area contributed by atoms with Crippen LogP contribution in [-0.4, -0.2) is 29.8 Å². The Hall–Kier alpha value is -0.480. The van der Waals surface area contributed by atoms with Crippen molar-refractivity contribution in [3.63, 3.8) is 0 Å². The summed E-state index contributed by atoms with van der Waals surface area (Å²) in [5.41, 5.74) is -0.673. The second kappa shape index (κ2) is 4.67. The lowest BCUT2D eigenvalue weighted by Gasteiger charge is -2.21. The third-order valence-corrected chi connectivity index (χ3v) is 1.36. The molecule has 0 aromatic rings. The quantitative estimate of drug-likeness (QED) is 0.678. The second-order valence-corrected chi connectivity index (χ2v) is 3.59.